The molecule has 0 spiro atoms. The van der Waals surface area contributed by atoms with Crippen molar-refractivity contribution in [1.29, 1.82) is 0 Å². The molecule has 0 aliphatic carbocycles. The standard InChI is InChI=1S/C21H19F3N4O2S/c1-2-13-7-3-5-9-15(13)26-17(29)11-25-18(30)12-31-19-14-8-4-6-10-16(14)27-20(28-19)21(22,23)24/h3-10H,2,11-12H2,1H3,(H,25,30)(H,26,29). The van der Waals surface area contributed by atoms with Crippen LogP contribution in [0.5, 0.6) is 0 Å². The molecule has 0 bridgehead atoms. The Kier molecular flexibility index (Phi) is 7.11. The lowest BCUT2D eigenvalue weighted by atomic mass is 10.1. The summed E-state index contributed by atoms with van der Waals surface area (Å²) in [7, 11) is 0. The maximum Gasteiger partial charge on any atom is 0.451 e. The number of alkyl halides is 3. The minimum atomic E-state index is -4.70. The zero-order valence-corrected chi connectivity index (χ0v) is 17.3. The van der Waals surface area contributed by atoms with Gasteiger partial charge in [0.15, 0.2) is 0 Å². The molecule has 2 aromatic carbocycles. The van der Waals surface area contributed by atoms with E-state index in [4.69, 9.17) is 0 Å². The number of carbonyl (C=O) groups excluding carboxylic acids is 2. The number of carbonyl (C=O) groups is 2. The Bertz CT molecular complexity index is 1110. The molecule has 1 aromatic heterocycles. The number of amides is 2. The topological polar surface area (TPSA) is 84.0 Å². The van der Waals surface area contributed by atoms with E-state index in [1.165, 1.54) is 6.07 Å². The molecule has 0 saturated carbocycles. The monoisotopic (exact) mass is 448 g/mol. The van der Waals surface area contributed by atoms with Gasteiger partial charge >= 0.3 is 6.18 Å². The lowest BCUT2D eigenvalue weighted by Gasteiger charge is -2.11. The van der Waals surface area contributed by atoms with Gasteiger partial charge < -0.3 is 10.6 Å². The van der Waals surface area contributed by atoms with Gasteiger partial charge in [-0.3, -0.25) is 9.59 Å². The summed E-state index contributed by atoms with van der Waals surface area (Å²) in [6.07, 6.45) is -3.96. The largest absolute Gasteiger partial charge is 0.451 e. The molecule has 3 rings (SSSR count). The number of thioether (sulfide) groups is 1. The van der Waals surface area contributed by atoms with Crippen molar-refractivity contribution < 1.29 is 22.8 Å². The molecular formula is C21H19F3N4O2S. The second-order valence-corrected chi connectivity index (χ2v) is 7.46. The summed E-state index contributed by atoms with van der Waals surface area (Å²) >= 11 is 0.855. The Balaban J connectivity index is 1.61. The first-order valence-corrected chi connectivity index (χ1v) is 10.4. The van der Waals surface area contributed by atoms with Crippen LogP contribution in [0.25, 0.3) is 10.9 Å². The molecule has 0 aliphatic heterocycles. The number of benzene rings is 2. The summed E-state index contributed by atoms with van der Waals surface area (Å²) in [5, 5.41) is 5.67. The molecule has 31 heavy (non-hydrogen) atoms. The third-order valence-corrected chi connectivity index (χ3v) is 5.27. The molecule has 10 heteroatoms. The minimum absolute atomic E-state index is 0.0504. The molecule has 3 aromatic rings. The van der Waals surface area contributed by atoms with Gasteiger partial charge in [0.1, 0.15) is 5.03 Å². The van der Waals surface area contributed by atoms with Crippen LogP contribution in [0.15, 0.2) is 53.6 Å². The van der Waals surface area contributed by atoms with E-state index in [0.717, 1.165) is 23.7 Å². The van der Waals surface area contributed by atoms with Gasteiger partial charge in [0.05, 0.1) is 17.8 Å². The number of hydrogen-bond donors (Lipinski definition) is 2. The molecule has 162 valence electrons. The number of nitrogens with one attached hydrogen (secondary N) is 2. The molecule has 0 saturated heterocycles. The zero-order valence-electron chi connectivity index (χ0n) is 16.5. The smallest absolute Gasteiger partial charge is 0.346 e. The number of para-hydroxylation sites is 2. The third-order valence-electron chi connectivity index (χ3n) is 4.28. The Morgan fingerprint density at radius 2 is 1.71 bits per heavy atom. The van der Waals surface area contributed by atoms with Gasteiger partial charge in [-0.25, -0.2) is 9.97 Å². The van der Waals surface area contributed by atoms with Gasteiger partial charge in [0.25, 0.3) is 0 Å². The number of halogens is 3. The van der Waals surface area contributed by atoms with Crippen molar-refractivity contribution in [3.05, 3.63) is 59.9 Å². The fourth-order valence-electron chi connectivity index (χ4n) is 2.79. The van der Waals surface area contributed by atoms with E-state index >= 15 is 0 Å². The summed E-state index contributed by atoms with van der Waals surface area (Å²) < 4.78 is 39.2. The maximum atomic E-state index is 13.1. The summed E-state index contributed by atoms with van der Waals surface area (Å²) in [6.45, 7) is 1.71. The van der Waals surface area contributed by atoms with E-state index in [-0.39, 0.29) is 22.8 Å². The highest BCUT2D eigenvalue weighted by Crippen LogP contribution is 2.31. The molecule has 0 radical (unpaired) electrons. The first-order valence-electron chi connectivity index (χ1n) is 9.39. The quantitative estimate of drug-likeness (QED) is 0.421. The first-order chi connectivity index (χ1) is 14.8. The van der Waals surface area contributed by atoms with Crippen LogP contribution in [0.4, 0.5) is 18.9 Å². The first kappa shape index (κ1) is 22.5. The Morgan fingerprint density at radius 1 is 1.00 bits per heavy atom. The molecule has 2 amide bonds. The van der Waals surface area contributed by atoms with Crippen molar-refractivity contribution >= 4 is 40.2 Å². The lowest BCUT2D eigenvalue weighted by Crippen LogP contribution is -2.34. The average molecular weight is 448 g/mol. The second-order valence-electron chi connectivity index (χ2n) is 6.49. The SMILES string of the molecule is CCc1ccccc1NC(=O)CNC(=O)CSc1nc(C(F)(F)F)nc2ccccc12. The van der Waals surface area contributed by atoms with Gasteiger partial charge in [-0.1, -0.05) is 55.1 Å². The van der Waals surface area contributed by atoms with Crippen molar-refractivity contribution in [2.45, 2.75) is 24.5 Å². The van der Waals surface area contributed by atoms with Crippen LogP contribution in [0.1, 0.15) is 18.3 Å². The number of aromatic nitrogens is 2. The number of rotatable bonds is 7. The van der Waals surface area contributed by atoms with E-state index < -0.39 is 23.8 Å². The summed E-state index contributed by atoms with van der Waals surface area (Å²) in [6, 6.07) is 13.6. The van der Waals surface area contributed by atoms with Crippen LogP contribution in [0, 0.1) is 0 Å². The van der Waals surface area contributed by atoms with Gasteiger partial charge in [0, 0.05) is 11.1 Å². The van der Waals surface area contributed by atoms with Crippen LogP contribution in [-0.4, -0.2) is 34.1 Å². The number of nitrogens with zero attached hydrogens (tertiary/aromatic N) is 2. The summed E-state index contributed by atoms with van der Waals surface area (Å²) in [5.74, 6) is -2.36. The summed E-state index contributed by atoms with van der Waals surface area (Å²) in [5.41, 5.74) is 1.78. The highest BCUT2D eigenvalue weighted by atomic mass is 32.2. The van der Waals surface area contributed by atoms with Crippen molar-refractivity contribution in [2.24, 2.45) is 0 Å². The van der Waals surface area contributed by atoms with E-state index in [9.17, 15) is 22.8 Å². The molecule has 6 nitrogen and oxygen atoms in total. The molecule has 0 fully saturated rings. The normalized spacial score (nSPS) is 11.4. The van der Waals surface area contributed by atoms with Crippen LogP contribution in [0.2, 0.25) is 0 Å². The van der Waals surface area contributed by atoms with E-state index in [0.29, 0.717) is 11.1 Å². The zero-order chi connectivity index (χ0) is 22.4. The number of aryl methyl sites for hydroxylation is 1. The van der Waals surface area contributed by atoms with Gasteiger partial charge in [-0.15, -0.1) is 0 Å². The van der Waals surface area contributed by atoms with Crippen molar-refractivity contribution in [2.75, 3.05) is 17.6 Å². The molecule has 0 atom stereocenters. The average Bonchev–Trinajstić information content (AvgIpc) is 2.75. The highest BCUT2D eigenvalue weighted by molar-refractivity contribution is 8.00. The predicted molar refractivity (Wildman–Crippen MR) is 113 cm³/mol. The van der Waals surface area contributed by atoms with Crippen LogP contribution < -0.4 is 10.6 Å². The van der Waals surface area contributed by atoms with Gasteiger partial charge in [0.2, 0.25) is 17.6 Å². The van der Waals surface area contributed by atoms with Crippen LogP contribution in [0.3, 0.4) is 0 Å². The van der Waals surface area contributed by atoms with E-state index in [1.54, 1.807) is 30.3 Å². The molecule has 1 heterocycles. The maximum absolute atomic E-state index is 13.1. The molecule has 2 N–H and O–H groups in total. The molecule has 0 aliphatic rings. The van der Waals surface area contributed by atoms with Crippen molar-refractivity contribution in [3.63, 3.8) is 0 Å². The van der Waals surface area contributed by atoms with Crippen LogP contribution in [-0.2, 0) is 22.2 Å². The van der Waals surface area contributed by atoms with Gasteiger partial charge in [-0.2, -0.15) is 13.2 Å². The van der Waals surface area contributed by atoms with Crippen molar-refractivity contribution in [1.82, 2.24) is 15.3 Å². The Morgan fingerprint density at radius 3 is 2.45 bits per heavy atom. The molecular weight excluding hydrogens is 429 g/mol. The summed E-state index contributed by atoms with van der Waals surface area (Å²) in [4.78, 5) is 31.4. The van der Waals surface area contributed by atoms with Crippen molar-refractivity contribution in [3.8, 4) is 0 Å². The minimum Gasteiger partial charge on any atom is -0.346 e. The predicted octanol–water partition coefficient (Wildman–Crippen LogP) is 4.06. The number of hydrogen-bond acceptors (Lipinski definition) is 5. The second kappa shape index (κ2) is 9.78. The Hall–Kier alpha value is -3.14. The highest BCUT2D eigenvalue weighted by Gasteiger charge is 2.35. The number of fused-ring (bicyclic) bond motifs is 1. The van der Waals surface area contributed by atoms with E-state index in [2.05, 4.69) is 20.6 Å². The van der Waals surface area contributed by atoms with Crippen LogP contribution >= 0.6 is 11.8 Å². The Labute approximate surface area is 180 Å². The lowest BCUT2D eigenvalue weighted by molar-refractivity contribution is -0.145. The number of anilines is 1. The third kappa shape index (κ3) is 5.94. The van der Waals surface area contributed by atoms with Gasteiger partial charge in [-0.05, 0) is 24.1 Å². The fraction of sp³-hybridized carbons (Fsp3) is 0.238. The molecule has 0 unspecified atom stereocenters. The fourth-order valence-corrected chi connectivity index (χ4v) is 3.64. The van der Waals surface area contributed by atoms with E-state index in [1.807, 2.05) is 19.1 Å².